The summed E-state index contributed by atoms with van der Waals surface area (Å²) >= 11 is 18.2. The van der Waals surface area contributed by atoms with Gasteiger partial charge in [-0.25, -0.2) is 8.42 Å². The Morgan fingerprint density at radius 2 is 1.69 bits per heavy atom. The molecule has 12 heteroatoms. The molecule has 2 rings (SSSR count). The highest BCUT2D eigenvalue weighted by Crippen LogP contribution is 2.33. The Balaban J connectivity index is 2.48. The van der Waals surface area contributed by atoms with Gasteiger partial charge in [-0.3, -0.25) is 13.9 Å². The number of halogens is 3. The van der Waals surface area contributed by atoms with E-state index >= 15 is 0 Å². The van der Waals surface area contributed by atoms with Gasteiger partial charge in [0.25, 0.3) is 0 Å². The zero-order chi connectivity index (χ0) is 26.5. The topological polar surface area (TPSA) is 96.0 Å². The molecular formula is C23H28Cl3N3O5S. The first-order chi connectivity index (χ1) is 16.2. The number of nitrogens with one attached hydrogen (secondary N) is 1. The Kier molecular flexibility index (Phi) is 10.1. The maximum Gasteiger partial charge on any atom is 0.244 e. The number of sulfonamides is 1. The number of benzene rings is 2. The first-order valence-corrected chi connectivity index (χ1v) is 13.6. The van der Waals surface area contributed by atoms with Crippen LogP contribution in [-0.2, 0) is 26.2 Å². The number of hydrogen-bond donors (Lipinski definition) is 1. The Morgan fingerprint density at radius 1 is 1.03 bits per heavy atom. The number of carbonyl (C=O) groups is 2. The van der Waals surface area contributed by atoms with Crippen molar-refractivity contribution in [3.8, 4) is 5.75 Å². The van der Waals surface area contributed by atoms with Gasteiger partial charge in [-0.1, -0.05) is 40.9 Å². The summed E-state index contributed by atoms with van der Waals surface area (Å²) in [5.41, 5.74) is 0.716. The largest absolute Gasteiger partial charge is 0.495 e. The van der Waals surface area contributed by atoms with Crippen molar-refractivity contribution in [2.24, 2.45) is 0 Å². The van der Waals surface area contributed by atoms with E-state index < -0.39 is 28.5 Å². The van der Waals surface area contributed by atoms with Crippen LogP contribution in [0.4, 0.5) is 5.69 Å². The smallest absolute Gasteiger partial charge is 0.244 e. The third-order valence-electron chi connectivity index (χ3n) is 5.02. The SMILES string of the molecule is COc1ccc(Cl)cc1N(CC(=O)N(Cc1ccc(Cl)c(Cl)c1)[C@H](C)C(=O)NC(C)C)S(C)(=O)=O. The summed E-state index contributed by atoms with van der Waals surface area (Å²) in [6, 6.07) is 8.22. The molecule has 0 radical (unpaired) electrons. The number of amides is 2. The Bertz CT molecular complexity index is 1190. The highest BCUT2D eigenvalue weighted by molar-refractivity contribution is 7.92. The third kappa shape index (κ3) is 7.90. The van der Waals surface area contributed by atoms with Gasteiger partial charge in [0.05, 0.1) is 29.1 Å². The fraction of sp³-hybridized carbons (Fsp3) is 0.391. The van der Waals surface area contributed by atoms with Crippen LogP contribution in [0.2, 0.25) is 15.1 Å². The predicted octanol–water partition coefficient (Wildman–Crippen LogP) is 4.36. The predicted molar refractivity (Wildman–Crippen MR) is 140 cm³/mol. The van der Waals surface area contributed by atoms with Gasteiger partial charge in [-0.15, -0.1) is 0 Å². The maximum atomic E-state index is 13.6. The van der Waals surface area contributed by atoms with Gasteiger partial charge in [0, 0.05) is 17.6 Å². The van der Waals surface area contributed by atoms with Gasteiger partial charge in [-0.2, -0.15) is 0 Å². The highest BCUT2D eigenvalue weighted by Gasteiger charge is 2.31. The van der Waals surface area contributed by atoms with E-state index in [1.165, 1.54) is 24.1 Å². The molecule has 1 atom stereocenters. The van der Waals surface area contributed by atoms with Crippen LogP contribution in [0.3, 0.4) is 0 Å². The molecule has 0 aromatic heterocycles. The van der Waals surface area contributed by atoms with Gasteiger partial charge < -0.3 is 15.0 Å². The molecule has 8 nitrogen and oxygen atoms in total. The van der Waals surface area contributed by atoms with Crippen molar-refractivity contribution in [3.63, 3.8) is 0 Å². The summed E-state index contributed by atoms with van der Waals surface area (Å²) in [5, 5.41) is 3.67. The van der Waals surface area contributed by atoms with Crippen molar-refractivity contribution >= 4 is 62.3 Å². The van der Waals surface area contributed by atoms with Crippen LogP contribution >= 0.6 is 34.8 Å². The lowest BCUT2D eigenvalue weighted by molar-refractivity contribution is -0.139. The molecule has 0 spiro atoms. The summed E-state index contributed by atoms with van der Waals surface area (Å²) in [4.78, 5) is 27.6. The molecule has 0 saturated carbocycles. The van der Waals surface area contributed by atoms with E-state index in [0.29, 0.717) is 10.6 Å². The van der Waals surface area contributed by atoms with Crippen LogP contribution in [0.15, 0.2) is 36.4 Å². The summed E-state index contributed by atoms with van der Waals surface area (Å²) in [6.07, 6.45) is 0.971. The van der Waals surface area contributed by atoms with Crippen LogP contribution in [-0.4, -0.2) is 57.1 Å². The first-order valence-electron chi connectivity index (χ1n) is 10.6. The second kappa shape index (κ2) is 12.2. The maximum absolute atomic E-state index is 13.6. The molecule has 1 N–H and O–H groups in total. The summed E-state index contributed by atoms with van der Waals surface area (Å²) in [5.74, 6) is -0.788. The Hall–Kier alpha value is -2.20. The van der Waals surface area contributed by atoms with Crippen molar-refractivity contribution < 1.29 is 22.7 Å². The van der Waals surface area contributed by atoms with Crippen molar-refractivity contribution in [1.82, 2.24) is 10.2 Å². The average molecular weight is 565 g/mol. The number of hydrogen-bond acceptors (Lipinski definition) is 5. The van der Waals surface area contributed by atoms with Gasteiger partial charge in [0.2, 0.25) is 21.8 Å². The second-order valence-corrected chi connectivity index (χ2v) is 11.4. The number of methoxy groups -OCH3 is 1. The molecule has 0 fully saturated rings. The minimum atomic E-state index is -3.94. The quantitative estimate of drug-likeness (QED) is 0.463. The molecular weight excluding hydrogens is 537 g/mol. The second-order valence-electron chi connectivity index (χ2n) is 8.20. The zero-order valence-corrected chi connectivity index (χ0v) is 23.1. The normalized spacial score (nSPS) is 12.3. The fourth-order valence-electron chi connectivity index (χ4n) is 3.28. The number of rotatable bonds is 10. The Labute approximate surface area is 221 Å². The summed E-state index contributed by atoms with van der Waals surface area (Å²) in [7, 11) is -2.56. The van der Waals surface area contributed by atoms with Crippen LogP contribution in [0.25, 0.3) is 0 Å². The minimum Gasteiger partial charge on any atom is -0.495 e. The highest BCUT2D eigenvalue weighted by atomic mass is 35.5. The van der Waals surface area contributed by atoms with Crippen LogP contribution in [0.5, 0.6) is 5.75 Å². The molecule has 0 heterocycles. The van der Waals surface area contributed by atoms with Gasteiger partial charge in [0.15, 0.2) is 0 Å². The summed E-state index contributed by atoms with van der Waals surface area (Å²) in [6.45, 7) is 4.57. The van der Waals surface area contributed by atoms with Crippen LogP contribution < -0.4 is 14.4 Å². The first kappa shape index (κ1) is 29.0. The van der Waals surface area contributed by atoms with Crippen molar-refractivity contribution in [1.29, 1.82) is 0 Å². The van der Waals surface area contributed by atoms with Crippen LogP contribution in [0, 0.1) is 0 Å². The molecule has 35 heavy (non-hydrogen) atoms. The van der Waals surface area contributed by atoms with E-state index in [9.17, 15) is 18.0 Å². The van der Waals surface area contributed by atoms with Gasteiger partial charge in [0.1, 0.15) is 18.3 Å². The van der Waals surface area contributed by atoms with Crippen molar-refractivity contribution in [2.75, 3.05) is 24.2 Å². The van der Waals surface area contributed by atoms with E-state index in [1.807, 2.05) is 0 Å². The number of carbonyl (C=O) groups excluding carboxylic acids is 2. The van der Waals surface area contributed by atoms with E-state index in [2.05, 4.69) is 5.32 Å². The lowest BCUT2D eigenvalue weighted by Gasteiger charge is -2.32. The van der Waals surface area contributed by atoms with Gasteiger partial charge in [-0.05, 0) is 56.7 Å². The molecule has 192 valence electrons. The third-order valence-corrected chi connectivity index (χ3v) is 7.12. The van der Waals surface area contributed by atoms with Crippen molar-refractivity contribution in [2.45, 2.75) is 39.4 Å². The summed E-state index contributed by atoms with van der Waals surface area (Å²) < 4.78 is 31.6. The molecule has 2 amide bonds. The standard InChI is InChI=1S/C23H28Cl3N3O5S/c1-14(2)27-23(31)15(3)28(12-16-6-8-18(25)19(26)10-16)22(30)13-29(35(5,32)33)20-11-17(24)7-9-21(20)34-4/h6-11,14-15H,12-13H2,1-5H3,(H,27,31)/t15-/m1/s1. The number of anilines is 1. The zero-order valence-electron chi connectivity index (χ0n) is 20.0. The lowest BCUT2D eigenvalue weighted by Crippen LogP contribution is -2.52. The Morgan fingerprint density at radius 3 is 2.23 bits per heavy atom. The van der Waals surface area contributed by atoms with E-state index in [1.54, 1.807) is 45.0 Å². The minimum absolute atomic E-state index is 0.00726. The van der Waals surface area contributed by atoms with E-state index in [-0.39, 0.29) is 40.0 Å². The van der Waals surface area contributed by atoms with Crippen LogP contribution in [0.1, 0.15) is 26.3 Å². The molecule has 0 unspecified atom stereocenters. The van der Waals surface area contributed by atoms with Gasteiger partial charge >= 0.3 is 0 Å². The van der Waals surface area contributed by atoms with E-state index in [0.717, 1.165) is 10.6 Å². The van der Waals surface area contributed by atoms with E-state index in [4.69, 9.17) is 39.5 Å². The fourth-order valence-corrected chi connectivity index (χ4v) is 4.61. The van der Waals surface area contributed by atoms with Crippen molar-refractivity contribution in [3.05, 3.63) is 57.0 Å². The number of ether oxygens (including phenoxy) is 1. The molecule has 0 aliphatic heterocycles. The lowest BCUT2D eigenvalue weighted by atomic mass is 10.1. The monoisotopic (exact) mass is 563 g/mol. The molecule has 0 bridgehead atoms. The average Bonchev–Trinajstić information content (AvgIpc) is 2.76. The number of nitrogens with zero attached hydrogens (tertiary/aromatic N) is 2. The molecule has 2 aromatic rings. The molecule has 2 aromatic carbocycles. The molecule has 0 aliphatic rings. The molecule has 0 saturated heterocycles. The molecule has 0 aliphatic carbocycles.